The van der Waals surface area contributed by atoms with Gasteiger partial charge in [-0.15, -0.1) is 0 Å². The molecule has 0 amide bonds. The van der Waals surface area contributed by atoms with Crippen LogP contribution < -0.4 is 10.6 Å². The highest BCUT2D eigenvalue weighted by Gasteiger charge is 2.37. The van der Waals surface area contributed by atoms with Crippen molar-refractivity contribution in [3.8, 4) is 0 Å². The van der Waals surface area contributed by atoms with E-state index in [2.05, 4.69) is 50.2 Å². The molecule has 4 heteroatoms. The molecule has 1 aromatic heterocycles. The first kappa shape index (κ1) is 15.4. The standard InChI is InChI=1S/C16H26FN3/c1-11(14-7-6-12(17)10-18-14)19-13-8-15(2,3)20-16(4,5)9-13/h6-7,10-11,13,19-20H,8-9H2,1-5H3. The fraction of sp³-hybridized carbons (Fsp3) is 0.688. The Morgan fingerprint density at radius 3 is 2.35 bits per heavy atom. The number of aromatic nitrogens is 1. The van der Waals surface area contributed by atoms with Gasteiger partial charge in [-0.3, -0.25) is 4.98 Å². The Hall–Kier alpha value is -1.00. The summed E-state index contributed by atoms with van der Waals surface area (Å²) in [4.78, 5) is 4.16. The van der Waals surface area contributed by atoms with Gasteiger partial charge in [-0.1, -0.05) is 0 Å². The molecular weight excluding hydrogens is 253 g/mol. The van der Waals surface area contributed by atoms with E-state index in [4.69, 9.17) is 0 Å². The number of hydrogen-bond donors (Lipinski definition) is 2. The molecule has 20 heavy (non-hydrogen) atoms. The zero-order valence-corrected chi connectivity index (χ0v) is 13.1. The van der Waals surface area contributed by atoms with Gasteiger partial charge in [-0.25, -0.2) is 4.39 Å². The predicted octanol–water partition coefficient (Wildman–Crippen LogP) is 3.18. The Kier molecular flexibility index (Phi) is 4.17. The van der Waals surface area contributed by atoms with E-state index in [-0.39, 0.29) is 22.9 Å². The molecule has 3 nitrogen and oxygen atoms in total. The van der Waals surface area contributed by atoms with Crippen molar-refractivity contribution in [1.29, 1.82) is 0 Å². The summed E-state index contributed by atoms with van der Waals surface area (Å²) in [5, 5.41) is 7.32. The van der Waals surface area contributed by atoms with Crippen LogP contribution in [0.5, 0.6) is 0 Å². The summed E-state index contributed by atoms with van der Waals surface area (Å²) >= 11 is 0. The molecule has 0 aromatic carbocycles. The minimum Gasteiger partial charge on any atom is -0.307 e. The molecule has 1 fully saturated rings. The highest BCUT2D eigenvalue weighted by Crippen LogP contribution is 2.29. The average Bonchev–Trinajstić information content (AvgIpc) is 2.25. The van der Waals surface area contributed by atoms with Crippen molar-refractivity contribution in [2.24, 2.45) is 0 Å². The monoisotopic (exact) mass is 279 g/mol. The van der Waals surface area contributed by atoms with E-state index in [1.807, 2.05) is 0 Å². The van der Waals surface area contributed by atoms with Crippen molar-refractivity contribution in [3.05, 3.63) is 29.8 Å². The second-order valence-electron chi connectivity index (χ2n) is 7.29. The molecule has 1 unspecified atom stereocenters. The molecule has 0 aliphatic carbocycles. The van der Waals surface area contributed by atoms with Gasteiger partial charge >= 0.3 is 0 Å². The fourth-order valence-electron chi connectivity index (χ4n) is 3.52. The number of nitrogens with one attached hydrogen (secondary N) is 2. The Labute approximate surface area is 121 Å². The summed E-state index contributed by atoms with van der Waals surface area (Å²) in [6, 6.07) is 3.79. The first-order valence-corrected chi connectivity index (χ1v) is 7.34. The highest BCUT2D eigenvalue weighted by atomic mass is 19.1. The summed E-state index contributed by atoms with van der Waals surface area (Å²) in [5.74, 6) is -0.287. The third-order valence-corrected chi connectivity index (χ3v) is 3.87. The van der Waals surface area contributed by atoms with Crippen LogP contribution in [0.15, 0.2) is 18.3 Å². The summed E-state index contributed by atoms with van der Waals surface area (Å²) in [5.41, 5.74) is 1.13. The van der Waals surface area contributed by atoms with Crippen LogP contribution >= 0.6 is 0 Å². The second-order valence-corrected chi connectivity index (χ2v) is 7.29. The molecule has 1 saturated heterocycles. The van der Waals surface area contributed by atoms with Gasteiger partial charge in [0.1, 0.15) is 5.82 Å². The van der Waals surface area contributed by atoms with Crippen LogP contribution in [-0.4, -0.2) is 22.1 Å². The number of rotatable bonds is 3. The molecule has 2 rings (SSSR count). The van der Waals surface area contributed by atoms with Gasteiger partial charge in [0.15, 0.2) is 0 Å². The Morgan fingerprint density at radius 2 is 1.85 bits per heavy atom. The molecule has 0 radical (unpaired) electrons. The molecule has 112 valence electrons. The molecule has 1 aliphatic rings. The van der Waals surface area contributed by atoms with Crippen molar-refractivity contribution in [3.63, 3.8) is 0 Å². The van der Waals surface area contributed by atoms with Crippen LogP contribution in [0.1, 0.15) is 59.2 Å². The third-order valence-electron chi connectivity index (χ3n) is 3.87. The SMILES string of the molecule is CC(NC1CC(C)(C)NC(C)(C)C1)c1ccc(F)cn1. The van der Waals surface area contributed by atoms with Crippen LogP contribution in [0.4, 0.5) is 4.39 Å². The minimum atomic E-state index is -0.287. The predicted molar refractivity (Wildman–Crippen MR) is 80.1 cm³/mol. The van der Waals surface area contributed by atoms with E-state index >= 15 is 0 Å². The van der Waals surface area contributed by atoms with Crippen molar-refractivity contribution < 1.29 is 4.39 Å². The lowest BCUT2D eigenvalue weighted by atomic mass is 9.79. The van der Waals surface area contributed by atoms with Crippen LogP contribution in [0.3, 0.4) is 0 Å². The molecule has 0 spiro atoms. The smallest absolute Gasteiger partial charge is 0.141 e. The zero-order chi connectivity index (χ0) is 15.0. The fourth-order valence-corrected chi connectivity index (χ4v) is 3.52. The van der Waals surface area contributed by atoms with Gasteiger partial charge in [0.05, 0.1) is 11.9 Å². The normalized spacial score (nSPS) is 23.5. The number of hydrogen-bond acceptors (Lipinski definition) is 3. The van der Waals surface area contributed by atoms with Crippen molar-refractivity contribution in [1.82, 2.24) is 15.6 Å². The van der Waals surface area contributed by atoms with Gasteiger partial charge in [0.25, 0.3) is 0 Å². The summed E-state index contributed by atoms with van der Waals surface area (Å²) in [6.45, 7) is 11.0. The van der Waals surface area contributed by atoms with Gasteiger partial charge < -0.3 is 10.6 Å². The largest absolute Gasteiger partial charge is 0.307 e. The first-order valence-electron chi connectivity index (χ1n) is 7.34. The number of halogens is 1. The molecule has 1 atom stereocenters. The number of nitrogens with zero attached hydrogens (tertiary/aromatic N) is 1. The lowest BCUT2D eigenvalue weighted by Gasteiger charge is -2.47. The lowest BCUT2D eigenvalue weighted by molar-refractivity contribution is 0.140. The van der Waals surface area contributed by atoms with Crippen LogP contribution in [0, 0.1) is 5.82 Å². The topological polar surface area (TPSA) is 37.0 Å². The highest BCUT2D eigenvalue weighted by molar-refractivity contribution is 5.10. The second kappa shape index (κ2) is 5.41. The Bertz CT molecular complexity index is 437. The van der Waals surface area contributed by atoms with Crippen LogP contribution in [0.2, 0.25) is 0 Å². The lowest BCUT2D eigenvalue weighted by Crippen LogP contribution is -2.61. The number of piperidine rings is 1. The maximum absolute atomic E-state index is 12.9. The van der Waals surface area contributed by atoms with Crippen LogP contribution in [0.25, 0.3) is 0 Å². The van der Waals surface area contributed by atoms with Crippen molar-refractivity contribution in [2.45, 2.75) is 70.6 Å². The van der Waals surface area contributed by atoms with Gasteiger partial charge in [0.2, 0.25) is 0 Å². The molecule has 1 aromatic rings. The quantitative estimate of drug-likeness (QED) is 0.892. The van der Waals surface area contributed by atoms with Gasteiger partial charge in [-0.2, -0.15) is 0 Å². The van der Waals surface area contributed by atoms with Crippen molar-refractivity contribution in [2.75, 3.05) is 0 Å². The Morgan fingerprint density at radius 1 is 1.25 bits per heavy atom. The van der Waals surface area contributed by atoms with E-state index in [1.165, 1.54) is 12.3 Å². The van der Waals surface area contributed by atoms with E-state index in [9.17, 15) is 4.39 Å². The van der Waals surface area contributed by atoms with E-state index in [0.29, 0.717) is 6.04 Å². The molecule has 0 bridgehead atoms. The van der Waals surface area contributed by atoms with Gasteiger partial charge in [0, 0.05) is 23.2 Å². The van der Waals surface area contributed by atoms with E-state index < -0.39 is 0 Å². The molecule has 0 saturated carbocycles. The summed E-state index contributed by atoms with van der Waals surface area (Å²) in [7, 11) is 0. The molecule has 2 heterocycles. The zero-order valence-electron chi connectivity index (χ0n) is 13.1. The summed E-state index contributed by atoms with van der Waals surface area (Å²) < 4.78 is 12.9. The molecule has 2 N–H and O–H groups in total. The van der Waals surface area contributed by atoms with Crippen molar-refractivity contribution >= 4 is 0 Å². The molecule has 1 aliphatic heterocycles. The van der Waals surface area contributed by atoms with E-state index in [0.717, 1.165) is 18.5 Å². The van der Waals surface area contributed by atoms with E-state index in [1.54, 1.807) is 6.07 Å². The van der Waals surface area contributed by atoms with Gasteiger partial charge in [-0.05, 0) is 59.6 Å². The first-order chi connectivity index (χ1) is 9.17. The maximum atomic E-state index is 12.9. The Balaban J connectivity index is 2.03. The third kappa shape index (κ3) is 4.00. The summed E-state index contributed by atoms with van der Waals surface area (Å²) in [6.07, 6.45) is 3.42. The maximum Gasteiger partial charge on any atom is 0.141 e. The number of pyridine rings is 1. The molecular formula is C16H26FN3. The van der Waals surface area contributed by atoms with Crippen LogP contribution in [-0.2, 0) is 0 Å². The minimum absolute atomic E-state index is 0.120. The average molecular weight is 279 g/mol.